The van der Waals surface area contributed by atoms with Gasteiger partial charge in [0, 0.05) is 6.54 Å². The van der Waals surface area contributed by atoms with Crippen molar-refractivity contribution in [1.29, 1.82) is 0 Å². The summed E-state index contributed by atoms with van der Waals surface area (Å²) in [7, 11) is 0. The minimum absolute atomic E-state index is 0.815. The van der Waals surface area contributed by atoms with Gasteiger partial charge in [0.2, 0.25) is 0 Å². The fraction of sp³-hybridized carbons (Fsp3) is 1.00. The maximum Gasteiger partial charge on any atom is 0.00383 e. The Morgan fingerprint density at radius 3 is 1.92 bits per heavy atom. The Morgan fingerprint density at radius 1 is 1.08 bits per heavy atom. The molecule has 0 aromatic heterocycles. The first-order chi connectivity index (χ1) is 6.26. The van der Waals surface area contributed by atoms with Gasteiger partial charge in [-0.05, 0) is 37.8 Å². The molecular weight excluding hydrogens is 158 g/mol. The average Bonchev–Trinajstić information content (AvgIpc) is 2.48. The number of hydrogen-bond acceptors (Lipinski definition) is 1. The van der Waals surface area contributed by atoms with Crippen LogP contribution in [0.25, 0.3) is 0 Å². The molecule has 78 valence electrons. The van der Waals surface area contributed by atoms with Gasteiger partial charge in [-0.25, -0.2) is 0 Å². The zero-order valence-electron chi connectivity index (χ0n) is 9.60. The highest BCUT2D eigenvalue weighted by molar-refractivity contribution is 4.95. The molecule has 1 spiro atoms. The van der Waals surface area contributed by atoms with Gasteiger partial charge in [-0.2, -0.15) is 0 Å². The molecule has 0 radical (unpaired) electrons. The Bertz CT molecular complexity index is 138. The van der Waals surface area contributed by atoms with Crippen molar-refractivity contribution in [3.05, 3.63) is 0 Å². The lowest BCUT2D eigenvalue weighted by atomic mass is 9.68. The largest absolute Gasteiger partial charge is 0.303 e. The highest BCUT2D eigenvalue weighted by atomic mass is 15.2. The Hall–Kier alpha value is -0.0400. The second-order valence-corrected chi connectivity index (χ2v) is 4.68. The lowest BCUT2D eigenvalue weighted by Gasteiger charge is -2.38. The van der Waals surface area contributed by atoms with E-state index >= 15 is 0 Å². The average molecular weight is 183 g/mol. The number of rotatable bonds is 1. The normalized spacial score (nSPS) is 25.2. The van der Waals surface area contributed by atoms with Crippen molar-refractivity contribution >= 4 is 0 Å². The van der Waals surface area contributed by atoms with E-state index in [9.17, 15) is 0 Å². The van der Waals surface area contributed by atoms with Crippen LogP contribution < -0.4 is 0 Å². The predicted octanol–water partition coefficient (Wildman–Crippen LogP) is 3.30. The molecule has 0 bridgehead atoms. The zero-order valence-corrected chi connectivity index (χ0v) is 9.60. The van der Waals surface area contributed by atoms with Crippen molar-refractivity contribution in [2.75, 3.05) is 19.6 Å². The summed E-state index contributed by atoms with van der Waals surface area (Å²) < 4.78 is 0. The van der Waals surface area contributed by atoms with E-state index in [0.717, 1.165) is 5.41 Å². The van der Waals surface area contributed by atoms with Gasteiger partial charge >= 0.3 is 0 Å². The van der Waals surface area contributed by atoms with Crippen molar-refractivity contribution in [3.8, 4) is 0 Å². The molecule has 0 aromatic carbocycles. The monoisotopic (exact) mass is 183 g/mol. The molecule has 1 aliphatic carbocycles. The third-order valence-corrected chi connectivity index (χ3v) is 3.38. The van der Waals surface area contributed by atoms with E-state index in [0.29, 0.717) is 0 Å². The number of nitrogens with zero attached hydrogens (tertiary/aromatic N) is 1. The molecule has 1 heterocycles. The van der Waals surface area contributed by atoms with Crippen LogP contribution in [-0.2, 0) is 0 Å². The molecule has 0 atom stereocenters. The Labute approximate surface area is 83.5 Å². The number of hydrogen-bond donors (Lipinski definition) is 0. The first-order valence-corrected chi connectivity index (χ1v) is 5.98. The molecule has 1 heteroatoms. The molecule has 0 amide bonds. The SMILES string of the molecule is CCC.CCN1CCC2(CCC2)C1. The van der Waals surface area contributed by atoms with Gasteiger partial charge in [0.15, 0.2) is 0 Å². The molecule has 1 aliphatic heterocycles. The maximum atomic E-state index is 2.60. The Balaban J connectivity index is 0.000000251. The summed E-state index contributed by atoms with van der Waals surface area (Å²) >= 11 is 0. The van der Waals surface area contributed by atoms with E-state index in [1.807, 2.05) is 0 Å². The molecule has 0 aromatic rings. The van der Waals surface area contributed by atoms with Gasteiger partial charge in [-0.15, -0.1) is 0 Å². The third-order valence-electron chi connectivity index (χ3n) is 3.38. The van der Waals surface area contributed by atoms with Crippen molar-refractivity contribution in [1.82, 2.24) is 4.90 Å². The molecule has 2 rings (SSSR count). The third kappa shape index (κ3) is 2.70. The minimum Gasteiger partial charge on any atom is -0.303 e. The predicted molar refractivity (Wildman–Crippen MR) is 59.0 cm³/mol. The van der Waals surface area contributed by atoms with Crippen LogP contribution in [0, 0.1) is 5.41 Å². The van der Waals surface area contributed by atoms with Crippen LogP contribution in [0.2, 0.25) is 0 Å². The van der Waals surface area contributed by atoms with E-state index in [1.165, 1.54) is 51.7 Å². The first-order valence-electron chi connectivity index (χ1n) is 5.98. The van der Waals surface area contributed by atoms with E-state index in [1.54, 1.807) is 0 Å². The molecule has 0 N–H and O–H groups in total. The summed E-state index contributed by atoms with van der Waals surface area (Å²) in [6.07, 6.45) is 7.27. The van der Waals surface area contributed by atoms with Gasteiger partial charge < -0.3 is 4.90 Å². The molecule has 1 nitrogen and oxygen atoms in total. The number of likely N-dealkylation sites (tertiary alicyclic amines) is 1. The van der Waals surface area contributed by atoms with E-state index < -0.39 is 0 Å². The van der Waals surface area contributed by atoms with Gasteiger partial charge in [0.05, 0.1) is 0 Å². The van der Waals surface area contributed by atoms with Crippen LogP contribution in [0.5, 0.6) is 0 Å². The molecule has 2 aliphatic rings. The molecule has 1 saturated heterocycles. The van der Waals surface area contributed by atoms with Gasteiger partial charge in [-0.1, -0.05) is 33.6 Å². The smallest absolute Gasteiger partial charge is 0.00383 e. The van der Waals surface area contributed by atoms with Crippen LogP contribution >= 0.6 is 0 Å². The summed E-state index contributed by atoms with van der Waals surface area (Å²) in [6, 6.07) is 0. The van der Waals surface area contributed by atoms with E-state index in [-0.39, 0.29) is 0 Å². The quantitative estimate of drug-likeness (QED) is 0.603. The highest BCUT2D eigenvalue weighted by Gasteiger charge is 2.41. The van der Waals surface area contributed by atoms with Crippen molar-refractivity contribution < 1.29 is 0 Å². The topological polar surface area (TPSA) is 3.24 Å². The van der Waals surface area contributed by atoms with Crippen LogP contribution in [0.4, 0.5) is 0 Å². The highest BCUT2D eigenvalue weighted by Crippen LogP contribution is 2.47. The van der Waals surface area contributed by atoms with E-state index in [2.05, 4.69) is 25.7 Å². The van der Waals surface area contributed by atoms with Crippen molar-refractivity contribution in [2.24, 2.45) is 5.41 Å². The second-order valence-electron chi connectivity index (χ2n) is 4.68. The molecule has 1 saturated carbocycles. The zero-order chi connectivity index (χ0) is 9.73. The van der Waals surface area contributed by atoms with Crippen molar-refractivity contribution in [2.45, 2.75) is 52.9 Å². The minimum atomic E-state index is 0.815. The second kappa shape index (κ2) is 4.99. The summed E-state index contributed by atoms with van der Waals surface area (Å²) in [5, 5.41) is 0. The molecule has 2 fully saturated rings. The van der Waals surface area contributed by atoms with Crippen LogP contribution in [0.1, 0.15) is 52.9 Å². The summed E-state index contributed by atoms with van der Waals surface area (Å²) in [6.45, 7) is 10.6. The van der Waals surface area contributed by atoms with Gasteiger partial charge in [0.25, 0.3) is 0 Å². The Morgan fingerprint density at radius 2 is 1.69 bits per heavy atom. The van der Waals surface area contributed by atoms with Crippen LogP contribution in [0.15, 0.2) is 0 Å². The summed E-state index contributed by atoms with van der Waals surface area (Å²) in [4.78, 5) is 2.60. The molecular formula is C12H25N. The lowest BCUT2D eigenvalue weighted by Crippen LogP contribution is -2.32. The van der Waals surface area contributed by atoms with Crippen LogP contribution in [-0.4, -0.2) is 24.5 Å². The van der Waals surface area contributed by atoms with Crippen molar-refractivity contribution in [3.63, 3.8) is 0 Å². The lowest BCUT2D eigenvalue weighted by molar-refractivity contribution is 0.141. The van der Waals surface area contributed by atoms with Crippen LogP contribution in [0.3, 0.4) is 0 Å². The standard InChI is InChI=1S/C9H17N.C3H8/c1-2-10-7-6-9(8-10)4-3-5-9;1-3-2/h2-8H2,1H3;3H2,1-2H3. The fourth-order valence-corrected chi connectivity index (χ4v) is 2.38. The fourth-order valence-electron chi connectivity index (χ4n) is 2.38. The molecule has 0 unspecified atom stereocenters. The summed E-state index contributed by atoms with van der Waals surface area (Å²) in [5.74, 6) is 0. The summed E-state index contributed by atoms with van der Waals surface area (Å²) in [5.41, 5.74) is 0.815. The Kier molecular flexibility index (Phi) is 4.24. The maximum absolute atomic E-state index is 2.60. The van der Waals surface area contributed by atoms with E-state index in [4.69, 9.17) is 0 Å². The van der Waals surface area contributed by atoms with Gasteiger partial charge in [-0.3, -0.25) is 0 Å². The first kappa shape index (κ1) is 11.0. The molecule has 13 heavy (non-hydrogen) atoms. The van der Waals surface area contributed by atoms with Gasteiger partial charge in [0.1, 0.15) is 0 Å².